The number of halogens is 3. The Labute approximate surface area is 170 Å². The second-order valence-electron chi connectivity index (χ2n) is 6.02. The molecule has 0 bridgehead atoms. The predicted molar refractivity (Wildman–Crippen MR) is 100 cm³/mol. The van der Waals surface area contributed by atoms with Crippen LogP contribution in [0.1, 0.15) is 17.3 Å². The molecule has 1 aliphatic rings. The highest BCUT2D eigenvalue weighted by Gasteiger charge is 2.50. The SMILES string of the molecule is CCN1CC(C#CCOCCN)(C(=O)O)C(=O)c2ccccc21.O=C(O)C(F)(F)F. The zero-order valence-electron chi connectivity index (χ0n) is 16.0. The largest absolute Gasteiger partial charge is 0.490 e. The van der Waals surface area contributed by atoms with Gasteiger partial charge in [-0.1, -0.05) is 24.0 Å². The van der Waals surface area contributed by atoms with E-state index in [-0.39, 0.29) is 13.2 Å². The number of nitrogens with zero attached hydrogens (tertiary/aromatic N) is 1. The number of nitrogens with two attached hydrogens (primary N) is 1. The van der Waals surface area contributed by atoms with Crippen molar-refractivity contribution >= 4 is 23.4 Å². The Morgan fingerprint density at radius 1 is 1.30 bits per heavy atom. The summed E-state index contributed by atoms with van der Waals surface area (Å²) in [4.78, 5) is 35.4. The Balaban J connectivity index is 0.000000553. The Morgan fingerprint density at radius 3 is 2.40 bits per heavy atom. The van der Waals surface area contributed by atoms with E-state index in [2.05, 4.69) is 11.8 Å². The average Bonchev–Trinajstić information content (AvgIpc) is 2.69. The zero-order chi connectivity index (χ0) is 22.9. The second kappa shape index (κ2) is 10.6. The van der Waals surface area contributed by atoms with Crippen molar-refractivity contribution in [1.82, 2.24) is 0 Å². The number of para-hydroxylation sites is 1. The number of rotatable bonds is 5. The normalized spacial score (nSPS) is 17.8. The minimum absolute atomic E-state index is 0.0264. The highest BCUT2D eigenvalue weighted by Crippen LogP contribution is 2.36. The van der Waals surface area contributed by atoms with Crippen LogP contribution in [0, 0.1) is 17.3 Å². The van der Waals surface area contributed by atoms with Crippen LogP contribution < -0.4 is 10.6 Å². The van der Waals surface area contributed by atoms with Gasteiger partial charge in [-0.25, -0.2) is 9.59 Å². The van der Waals surface area contributed by atoms with Crippen LogP contribution in [0.5, 0.6) is 0 Å². The van der Waals surface area contributed by atoms with E-state index in [1.807, 2.05) is 24.0 Å². The molecular weight excluding hydrogens is 409 g/mol. The van der Waals surface area contributed by atoms with E-state index in [1.165, 1.54) is 0 Å². The first kappa shape index (κ1) is 24.9. The lowest BCUT2D eigenvalue weighted by atomic mass is 9.76. The molecule has 0 radical (unpaired) electrons. The minimum atomic E-state index is -5.08. The molecular formula is C19H21F3N2O6. The predicted octanol–water partition coefficient (Wildman–Crippen LogP) is 1.39. The van der Waals surface area contributed by atoms with Crippen LogP contribution in [0.4, 0.5) is 18.9 Å². The first-order valence-electron chi connectivity index (χ1n) is 8.71. The highest BCUT2D eigenvalue weighted by atomic mass is 19.4. The van der Waals surface area contributed by atoms with Gasteiger partial charge in [-0.05, 0) is 19.1 Å². The number of ketones is 1. The number of carbonyl (C=O) groups excluding carboxylic acids is 1. The molecule has 1 aliphatic heterocycles. The standard InChI is InChI=1S/C17H20N2O4.C2HF3O2/c1-2-19-12-17(16(21)22,8-5-10-23-11-9-18)15(20)13-6-3-4-7-14(13)19;3-2(4,5)1(6)7/h3-4,6-7H,2,9-12,18H2,1H3,(H,21,22);(H,6,7). The van der Waals surface area contributed by atoms with Gasteiger partial charge in [-0.15, -0.1) is 0 Å². The molecule has 0 amide bonds. The van der Waals surface area contributed by atoms with E-state index in [0.29, 0.717) is 25.3 Å². The van der Waals surface area contributed by atoms with Gasteiger partial charge in [-0.3, -0.25) is 4.79 Å². The molecule has 4 N–H and O–H groups in total. The fourth-order valence-corrected chi connectivity index (χ4v) is 2.60. The van der Waals surface area contributed by atoms with Gasteiger partial charge in [0.1, 0.15) is 6.61 Å². The number of aliphatic carboxylic acids is 2. The van der Waals surface area contributed by atoms with Gasteiger partial charge < -0.3 is 25.6 Å². The average molecular weight is 430 g/mol. The smallest absolute Gasteiger partial charge is 0.480 e. The van der Waals surface area contributed by atoms with Crippen molar-refractivity contribution in [2.75, 3.05) is 37.7 Å². The van der Waals surface area contributed by atoms with E-state index >= 15 is 0 Å². The fraction of sp³-hybridized carbons (Fsp3) is 0.421. The van der Waals surface area contributed by atoms with Gasteiger partial charge >= 0.3 is 18.1 Å². The van der Waals surface area contributed by atoms with E-state index in [0.717, 1.165) is 5.69 Å². The first-order valence-corrected chi connectivity index (χ1v) is 8.71. The maximum atomic E-state index is 12.8. The Hall–Kier alpha value is -3.10. The molecule has 30 heavy (non-hydrogen) atoms. The molecule has 11 heteroatoms. The monoisotopic (exact) mass is 430 g/mol. The summed E-state index contributed by atoms with van der Waals surface area (Å²) in [6, 6.07) is 7.01. The summed E-state index contributed by atoms with van der Waals surface area (Å²) in [7, 11) is 0. The highest BCUT2D eigenvalue weighted by molar-refractivity contribution is 6.19. The molecule has 0 saturated carbocycles. The van der Waals surface area contributed by atoms with Crippen LogP contribution in [-0.2, 0) is 14.3 Å². The topological polar surface area (TPSA) is 130 Å². The van der Waals surface area contributed by atoms with Crippen LogP contribution in [-0.4, -0.2) is 67.0 Å². The van der Waals surface area contributed by atoms with Crippen molar-refractivity contribution in [1.29, 1.82) is 0 Å². The molecule has 1 aromatic rings. The van der Waals surface area contributed by atoms with Crippen LogP contribution >= 0.6 is 0 Å². The van der Waals surface area contributed by atoms with Crippen molar-refractivity contribution in [3.63, 3.8) is 0 Å². The summed E-state index contributed by atoms with van der Waals surface area (Å²) in [5.41, 5.74) is 4.68. The number of hydrogen-bond donors (Lipinski definition) is 3. The van der Waals surface area contributed by atoms with Crippen molar-refractivity contribution in [3.8, 4) is 11.8 Å². The summed E-state index contributed by atoms with van der Waals surface area (Å²) in [6.45, 7) is 3.28. The van der Waals surface area contributed by atoms with Crippen molar-refractivity contribution in [3.05, 3.63) is 29.8 Å². The molecule has 8 nitrogen and oxygen atoms in total. The van der Waals surface area contributed by atoms with Crippen LogP contribution in [0.25, 0.3) is 0 Å². The quantitative estimate of drug-likeness (QED) is 0.363. The van der Waals surface area contributed by atoms with Gasteiger partial charge in [0.25, 0.3) is 0 Å². The number of carboxylic acids is 2. The molecule has 1 unspecified atom stereocenters. The van der Waals surface area contributed by atoms with Gasteiger partial charge in [0.2, 0.25) is 5.41 Å². The van der Waals surface area contributed by atoms with Crippen LogP contribution in [0.2, 0.25) is 0 Å². The Bertz CT molecular complexity index is 847. The number of anilines is 1. The zero-order valence-corrected chi connectivity index (χ0v) is 16.0. The summed E-state index contributed by atoms with van der Waals surface area (Å²) in [5, 5.41) is 16.8. The van der Waals surface area contributed by atoms with Crippen molar-refractivity contribution < 1.29 is 42.5 Å². The summed E-state index contributed by atoms with van der Waals surface area (Å²) >= 11 is 0. The second-order valence-corrected chi connectivity index (χ2v) is 6.02. The van der Waals surface area contributed by atoms with Gasteiger partial charge in [0, 0.05) is 24.3 Å². The lowest BCUT2D eigenvalue weighted by molar-refractivity contribution is -0.192. The summed E-state index contributed by atoms with van der Waals surface area (Å²) in [6.07, 6.45) is -5.08. The number of fused-ring (bicyclic) bond motifs is 1. The molecule has 1 aromatic carbocycles. The molecule has 0 aromatic heterocycles. The number of alkyl halides is 3. The van der Waals surface area contributed by atoms with Gasteiger partial charge in [0.15, 0.2) is 5.78 Å². The lowest BCUT2D eigenvalue weighted by Crippen LogP contribution is -2.52. The Morgan fingerprint density at radius 2 is 1.90 bits per heavy atom. The van der Waals surface area contributed by atoms with E-state index in [1.54, 1.807) is 12.1 Å². The molecule has 1 atom stereocenters. The van der Waals surface area contributed by atoms with Crippen LogP contribution in [0.3, 0.4) is 0 Å². The third-order valence-electron chi connectivity index (χ3n) is 4.03. The van der Waals surface area contributed by atoms with E-state index in [4.69, 9.17) is 20.4 Å². The maximum absolute atomic E-state index is 12.8. The number of ether oxygens (including phenoxy) is 1. The molecule has 0 aliphatic carbocycles. The van der Waals surface area contributed by atoms with E-state index < -0.39 is 29.3 Å². The first-order chi connectivity index (χ1) is 14.0. The minimum Gasteiger partial charge on any atom is -0.480 e. The maximum Gasteiger partial charge on any atom is 0.490 e. The summed E-state index contributed by atoms with van der Waals surface area (Å²) in [5.74, 6) is 0.837. The van der Waals surface area contributed by atoms with Gasteiger partial charge in [0.05, 0.1) is 13.2 Å². The number of benzene rings is 1. The molecule has 1 heterocycles. The molecule has 0 fully saturated rings. The lowest BCUT2D eigenvalue weighted by Gasteiger charge is -2.37. The fourth-order valence-electron chi connectivity index (χ4n) is 2.60. The molecule has 0 saturated heterocycles. The number of carbonyl (C=O) groups is 3. The Kier molecular flexibility index (Phi) is 8.82. The number of Topliss-reactive ketones (excluding diaryl/α,β-unsaturated/α-hetero) is 1. The third kappa shape index (κ3) is 5.95. The third-order valence-corrected chi connectivity index (χ3v) is 4.03. The molecule has 2 rings (SSSR count). The van der Waals surface area contributed by atoms with Crippen molar-refractivity contribution in [2.45, 2.75) is 13.1 Å². The molecule has 164 valence electrons. The van der Waals surface area contributed by atoms with Gasteiger partial charge in [-0.2, -0.15) is 13.2 Å². The van der Waals surface area contributed by atoms with Crippen LogP contribution in [0.15, 0.2) is 24.3 Å². The molecule has 0 spiro atoms. The summed E-state index contributed by atoms with van der Waals surface area (Å²) < 4.78 is 36.9. The number of hydrogen-bond acceptors (Lipinski definition) is 6. The number of carboxylic acid groups (broad SMARTS) is 2. The van der Waals surface area contributed by atoms with E-state index in [9.17, 15) is 27.9 Å². The van der Waals surface area contributed by atoms with Crippen molar-refractivity contribution in [2.24, 2.45) is 11.1 Å².